The van der Waals surface area contributed by atoms with Gasteiger partial charge in [-0.3, -0.25) is 23.9 Å². The number of rotatable bonds is 21. The van der Waals surface area contributed by atoms with Gasteiger partial charge in [-0.2, -0.15) is 0 Å². The van der Waals surface area contributed by atoms with Crippen molar-refractivity contribution in [3.8, 4) is 0 Å². The highest BCUT2D eigenvalue weighted by Crippen LogP contribution is 2.47. The lowest BCUT2D eigenvalue weighted by atomic mass is 10.0. The Bertz CT molecular complexity index is 1670. The fourth-order valence-electron chi connectivity index (χ4n) is 6.18. The Hall–Kier alpha value is -2.05. The van der Waals surface area contributed by atoms with Gasteiger partial charge in [0.25, 0.3) is 11.5 Å². The first-order valence-corrected chi connectivity index (χ1v) is 21.1. The molecular formula is C37H50ClN3O4S4. The van der Waals surface area contributed by atoms with E-state index >= 15 is 0 Å². The molecule has 1 aromatic heterocycles. The predicted molar refractivity (Wildman–Crippen MR) is 213 cm³/mol. The molecule has 268 valence electrons. The van der Waals surface area contributed by atoms with Crippen molar-refractivity contribution in [1.29, 1.82) is 0 Å². The number of thiocarbonyl (C=S) groups is 1. The largest absolute Gasteiger partial charge is 0.480 e. The van der Waals surface area contributed by atoms with Crippen LogP contribution in [0.1, 0.15) is 117 Å². The summed E-state index contributed by atoms with van der Waals surface area (Å²) < 4.78 is 2.75. The molecule has 0 radical (unpaired) electrons. The zero-order valence-corrected chi connectivity index (χ0v) is 32.9. The number of benzene rings is 1. The van der Waals surface area contributed by atoms with Crippen molar-refractivity contribution in [2.24, 2.45) is 0 Å². The van der Waals surface area contributed by atoms with Crippen molar-refractivity contribution in [1.82, 2.24) is 9.47 Å². The van der Waals surface area contributed by atoms with Crippen molar-refractivity contribution < 1.29 is 14.7 Å². The van der Waals surface area contributed by atoms with E-state index in [0.29, 0.717) is 25.7 Å². The number of amides is 1. The van der Waals surface area contributed by atoms with Gasteiger partial charge in [-0.05, 0) is 43.7 Å². The summed E-state index contributed by atoms with van der Waals surface area (Å²) in [6.45, 7) is 4.87. The van der Waals surface area contributed by atoms with Crippen LogP contribution in [0.4, 0.5) is 5.69 Å². The van der Waals surface area contributed by atoms with Gasteiger partial charge in [0.05, 0.1) is 15.2 Å². The molecule has 3 heterocycles. The zero-order valence-electron chi connectivity index (χ0n) is 28.8. The second-order valence-electron chi connectivity index (χ2n) is 12.6. The molecule has 1 saturated heterocycles. The predicted octanol–water partition coefficient (Wildman–Crippen LogP) is 9.13. The normalized spacial score (nSPS) is 16.9. The molecule has 0 spiro atoms. The molecular weight excluding hydrogens is 714 g/mol. The molecule has 1 fully saturated rings. The van der Waals surface area contributed by atoms with Crippen molar-refractivity contribution in [3.63, 3.8) is 0 Å². The smallest absolute Gasteiger partial charge is 0.323 e. The molecule has 1 amide bonds. The van der Waals surface area contributed by atoms with Crippen LogP contribution in [0.25, 0.3) is 11.0 Å². The van der Waals surface area contributed by atoms with E-state index in [1.54, 1.807) is 16.3 Å². The molecule has 7 nitrogen and oxygen atoms in total. The summed E-state index contributed by atoms with van der Waals surface area (Å²) in [5.74, 6) is -1.62. The number of carboxylic acids is 1. The van der Waals surface area contributed by atoms with Gasteiger partial charge < -0.3 is 10.0 Å². The molecule has 2 aliphatic heterocycles. The topological polar surface area (TPSA) is 82.8 Å². The number of allylic oxidation sites excluding steroid dienone is 1. The number of hydrogen-bond donors (Lipinski definition) is 1. The Labute approximate surface area is 313 Å². The number of thioether (sulfide) groups is 2. The van der Waals surface area contributed by atoms with Crippen LogP contribution in [0.15, 0.2) is 39.0 Å². The van der Waals surface area contributed by atoms with Crippen LogP contribution >= 0.6 is 58.7 Å². The van der Waals surface area contributed by atoms with Crippen LogP contribution in [0.3, 0.4) is 0 Å². The summed E-state index contributed by atoms with van der Waals surface area (Å²) >= 11 is 15.6. The van der Waals surface area contributed by atoms with Crippen LogP contribution in [0.5, 0.6) is 0 Å². The van der Waals surface area contributed by atoms with Gasteiger partial charge in [-0.1, -0.05) is 151 Å². The van der Waals surface area contributed by atoms with E-state index in [1.807, 2.05) is 37.3 Å². The lowest BCUT2D eigenvalue weighted by molar-refractivity contribution is -0.140. The van der Waals surface area contributed by atoms with Crippen LogP contribution < -0.4 is 19.7 Å². The highest BCUT2D eigenvalue weighted by molar-refractivity contribution is 8.30. The highest BCUT2D eigenvalue weighted by atomic mass is 35.5. The summed E-state index contributed by atoms with van der Waals surface area (Å²) in [5, 5.41) is 10.9. The van der Waals surface area contributed by atoms with Gasteiger partial charge in [-0.15, -0.1) is 11.3 Å². The lowest BCUT2D eigenvalue weighted by Gasteiger charge is -2.20. The number of fused-ring (bicyclic) bond motifs is 1. The van der Waals surface area contributed by atoms with Gasteiger partial charge in [-0.25, -0.2) is 0 Å². The standard InChI is InChI=1S/C37H50ClN3O4S4/c1-3-5-6-7-8-9-10-11-12-13-14-15-16-17-18-19-24-40-28-25-27(38)20-21-29(28)47-31(40)23-22-30-34(44)39(4-2)36(48-30)33-35(45)41(26-32(42)43)37(46)49-33/h20-23,25H,3-19,24,26H2,1-2H3,(H,42,43). The number of carbonyl (C=O) groups is 2. The number of unbranched alkanes of at least 4 members (excludes halogenated alkanes) is 15. The number of anilines is 1. The minimum Gasteiger partial charge on any atom is -0.480 e. The van der Waals surface area contributed by atoms with Gasteiger partial charge >= 0.3 is 5.97 Å². The zero-order chi connectivity index (χ0) is 35.2. The van der Waals surface area contributed by atoms with E-state index in [2.05, 4.69) is 11.8 Å². The molecule has 49 heavy (non-hydrogen) atoms. The van der Waals surface area contributed by atoms with Crippen LogP contribution in [-0.2, 0) is 16.1 Å². The van der Waals surface area contributed by atoms with Crippen molar-refractivity contribution in [2.75, 3.05) is 18.0 Å². The number of carbonyl (C=O) groups excluding carboxylic acids is 1. The number of halogens is 1. The fourth-order valence-corrected chi connectivity index (χ4v) is 9.94. The number of aromatic nitrogens is 1. The first-order valence-electron chi connectivity index (χ1n) is 17.9. The molecule has 1 aromatic carbocycles. The average Bonchev–Trinajstić information content (AvgIpc) is 3.68. The number of nitrogens with zero attached hydrogens (tertiary/aromatic N) is 3. The van der Waals surface area contributed by atoms with E-state index in [9.17, 15) is 19.5 Å². The van der Waals surface area contributed by atoms with Crippen LogP contribution in [-0.4, -0.2) is 43.9 Å². The molecule has 0 atom stereocenters. The molecule has 2 aromatic rings. The third-order valence-electron chi connectivity index (χ3n) is 8.87. The van der Waals surface area contributed by atoms with E-state index in [4.69, 9.17) is 23.8 Å². The van der Waals surface area contributed by atoms with E-state index < -0.39 is 18.4 Å². The Balaban J connectivity index is 1.33. The fraction of sp³-hybridized carbons (Fsp3) is 0.568. The van der Waals surface area contributed by atoms with Crippen molar-refractivity contribution in [3.05, 3.63) is 53.9 Å². The Morgan fingerprint density at radius 3 is 2.00 bits per heavy atom. The van der Waals surface area contributed by atoms with Gasteiger partial charge in [0.15, 0.2) is 0 Å². The molecule has 4 rings (SSSR count). The first-order chi connectivity index (χ1) is 23.7. The Kier molecular flexibility index (Phi) is 16.8. The van der Waals surface area contributed by atoms with E-state index in [1.165, 1.54) is 108 Å². The molecule has 0 aliphatic carbocycles. The minimum absolute atomic E-state index is 0.182. The maximum Gasteiger partial charge on any atom is 0.323 e. The number of hydrogen-bond acceptors (Lipinski definition) is 8. The molecule has 0 saturated carbocycles. The second kappa shape index (κ2) is 20.7. The van der Waals surface area contributed by atoms with E-state index in [0.717, 1.165) is 45.2 Å². The molecule has 1 N–H and O–H groups in total. The van der Waals surface area contributed by atoms with Crippen LogP contribution in [0.2, 0.25) is 5.02 Å². The van der Waals surface area contributed by atoms with Gasteiger partial charge in [0.1, 0.15) is 20.4 Å². The monoisotopic (exact) mass is 763 g/mol. The maximum absolute atomic E-state index is 13.4. The SMILES string of the molecule is CCCCCCCCCCCCCCCCCCN1C(=CC=c2sc(=C3SC(=S)N(CC(=O)O)C3=O)n(CC)c2=O)Sc2ccc(Cl)cc21. The third kappa shape index (κ3) is 11.5. The summed E-state index contributed by atoms with van der Waals surface area (Å²) in [5.41, 5.74) is 0.905. The molecule has 2 aliphatic rings. The first kappa shape index (κ1) is 39.7. The number of thiazole rings is 1. The summed E-state index contributed by atoms with van der Waals surface area (Å²) in [7, 11) is 0. The average molecular weight is 765 g/mol. The highest BCUT2D eigenvalue weighted by Gasteiger charge is 2.35. The van der Waals surface area contributed by atoms with Crippen molar-refractivity contribution in [2.45, 2.75) is 128 Å². The second-order valence-corrected chi connectivity index (χ2v) is 16.8. The number of carboxylic acid groups (broad SMARTS) is 1. The third-order valence-corrected chi connectivity index (χ3v) is 12.9. The molecule has 12 heteroatoms. The van der Waals surface area contributed by atoms with E-state index in [-0.39, 0.29) is 9.88 Å². The minimum atomic E-state index is -1.14. The quantitative estimate of drug-likeness (QED) is 0.0997. The van der Waals surface area contributed by atoms with Crippen LogP contribution in [0, 0.1) is 0 Å². The summed E-state index contributed by atoms with van der Waals surface area (Å²) in [4.78, 5) is 42.5. The number of aliphatic carboxylic acids is 1. The molecule has 0 unspecified atom stereocenters. The van der Waals surface area contributed by atoms with Gasteiger partial charge in [0.2, 0.25) is 0 Å². The summed E-state index contributed by atoms with van der Waals surface area (Å²) in [6.07, 6.45) is 25.1. The lowest BCUT2D eigenvalue weighted by Crippen LogP contribution is -2.35. The van der Waals surface area contributed by atoms with Crippen molar-refractivity contribution >= 4 is 91.5 Å². The Morgan fingerprint density at radius 1 is 0.837 bits per heavy atom. The van der Waals surface area contributed by atoms with Gasteiger partial charge in [0, 0.05) is 23.0 Å². The maximum atomic E-state index is 13.4. The Morgan fingerprint density at radius 2 is 1.43 bits per heavy atom. The summed E-state index contributed by atoms with van der Waals surface area (Å²) in [6, 6.07) is 5.96. The molecule has 0 bridgehead atoms.